The lowest BCUT2D eigenvalue weighted by molar-refractivity contribution is 0.583. The summed E-state index contributed by atoms with van der Waals surface area (Å²) >= 11 is 11.3. The van der Waals surface area contributed by atoms with Crippen molar-refractivity contribution in [2.75, 3.05) is 0 Å². The molecule has 1 unspecified atom stereocenters. The number of allylic oxidation sites excluding steroid dienone is 3. The molecule has 0 heterocycles. The lowest BCUT2D eigenvalue weighted by atomic mass is 9.96. The van der Waals surface area contributed by atoms with E-state index < -0.39 is 0 Å². The highest BCUT2D eigenvalue weighted by molar-refractivity contribution is 6.56. The van der Waals surface area contributed by atoms with Gasteiger partial charge in [-0.3, -0.25) is 0 Å². The van der Waals surface area contributed by atoms with Gasteiger partial charge >= 0.3 is 0 Å². The minimum atomic E-state index is 0.378. The molecular formula is C11H16Cl2. The first kappa shape index (κ1) is 11.1. The fourth-order valence-corrected chi connectivity index (χ4v) is 2.08. The van der Waals surface area contributed by atoms with Crippen molar-refractivity contribution in [2.45, 2.75) is 39.5 Å². The Labute approximate surface area is 90.6 Å². The van der Waals surface area contributed by atoms with Gasteiger partial charge in [0.2, 0.25) is 0 Å². The van der Waals surface area contributed by atoms with Crippen LogP contribution in [0.4, 0.5) is 0 Å². The van der Waals surface area contributed by atoms with Crippen LogP contribution in [0.15, 0.2) is 21.7 Å². The maximum absolute atomic E-state index is 5.67. The quantitative estimate of drug-likeness (QED) is 0.592. The zero-order chi connectivity index (χ0) is 9.84. The number of halogens is 2. The van der Waals surface area contributed by atoms with Gasteiger partial charge in [-0.05, 0) is 43.8 Å². The molecule has 0 saturated heterocycles. The Morgan fingerprint density at radius 3 is 2.69 bits per heavy atom. The molecule has 1 aliphatic rings. The minimum absolute atomic E-state index is 0.378. The van der Waals surface area contributed by atoms with Crippen LogP contribution in [0.1, 0.15) is 39.5 Å². The van der Waals surface area contributed by atoms with Gasteiger partial charge < -0.3 is 0 Å². The zero-order valence-corrected chi connectivity index (χ0v) is 9.75. The summed E-state index contributed by atoms with van der Waals surface area (Å²) in [6.45, 7) is 4.47. The van der Waals surface area contributed by atoms with Crippen molar-refractivity contribution in [2.24, 2.45) is 5.92 Å². The highest BCUT2D eigenvalue weighted by Crippen LogP contribution is 2.30. The van der Waals surface area contributed by atoms with Crippen LogP contribution in [-0.2, 0) is 0 Å². The fraction of sp³-hybridized carbons (Fsp3) is 0.636. The molecule has 1 atom stereocenters. The molecule has 0 aromatic carbocycles. The third-order valence-electron chi connectivity index (χ3n) is 2.86. The second-order valence-corrected chi connectivity index (χ2v) is 4.80. The first-order valence-electron chi connectivity index (χ1n) is 4.83. The molecule has 0 nitrogen and oxygen atoms in total. The van der Waals surface area contributed by atoms with Crippen molar-refractivity contribution in [3.63, 3.8) is 0 Å². The maximum atomic E-state index is 5.67. The van der Waals surface area contributed by atoms with Crippen molar-refractivity contribution >= 4 is 23.2 Å². The van der Waals surface area contributed by atoms with Crippen LogP contribution < -0.4 is 0 Å². The molecule has 0 fully saturated rings. The van der Waals surface area contributed by atoms with E-state index in [2.05, 4.69) is 13.8 Å². The molecule has 2 heteroatoms. The van der Waals surface area contributed by atoms with Gasteiger partial charge in [-0.15, -0.1) is 0 Å². The largest absolute Gasteiger partial charge is 0.107 e. The van der Waals surface area contributed by atoms with Crippen molar-refractivity contribution in [1.82, 2.24) is 0 Å². The summed E-state index contributed by atoms with van der Waals surface area (Å²) in [5, 5.41) is 0. The zero-order valence-electron chi connectivity index (χ0n) is 8.24. The Kier molecular flexibility index (Phi) is 4.34. The smallest absolute Gasteiger partial charge is 0.0709 e. The molecule has 0 radical (unpaired) electrons. The average molecular weight is 219 g/mol. The summed E-state index contributed by atoms with van der Waals surface area (Å²) in [5.41, 5.74) is 2.79. The van der Waals surface area contributed by atoms with E-state index in [1.807, 2.05) is 6.08 Å². The molecule has 13 heavy (non-hydrogen) atoms. The van der Waals surface area contributed by atoms with Crippen LogP contribution in [-0.4, -0.2) is 0 Å². The average Bonchev–Trinajstić information content (AvgIpc) is 2.19. The van der Waals surface area contributed by atoms with Crippen molar-refractivity contribution in [3.05, 3.63) is 21.7 Å². The Bertz CT molecular complexity index is 234. The number of hydrogen-bond acceptors (Lipinski definition) is 0. The molecule has 0 aromatic heterocycles. The van der Waals surface area contributed by atoms with Gasteiger partial charge in [0.15, 0.2) is 0 Å². The van der Waals surface area contributed by atoms with E-state index in [1.54, 1.807) is 0 Å². The van der Waals surface area contributed by atoms with E-state index in [0.717, 1.165) is 6.42 Å². The minimum Gasteiger partial charge on any atom is -0.0709 e. The number of hydrogen-bond donors (Lipinski definition) is 0. The van der Waals surface area contributed by atoms with Crippen LogP contribution in [0.3, 0.4) is 0 Å². The lowest BCUT2D eigenvalue weighted by Crippen LogP contribution is -1.95. The van der Waals surface area contributed by atoms with Gasteiger partial charge in [0.1, 0.15) is 4.49 Å². The van der Waals surface area contributed by atoms with Crippen LogP contribution in [0.5, 0.6) is 0 Å². The molecule has 0 N–H and O–H groups in total. The van der Waals surface area contributed by atoms with Gasteiger partial charge in [0.25, 0.3) is 0 Å². The maximum Gasteiger partial charge on any atom is 0.107 e. The second-order valence-electron chi connectivity index (χ2n) is 3.79. The molecule has 0 bridgehead atoms. The fourth-order valence-electron chi connectivity index (χ4n) is 1.81. The van der Waals surface area contributed by atoms with Gasteiger partial charge in [0, 0.05) is 0 Å². The summed E-state index contributed by atoms with van der Waals surface area (Å²) in [7, 11) is 0. The van der Waals surface area contributed by atoms with Gasteiger partial charge in [-0.25, -0.2) is 0 Å². The first-order chi connectivity index (χ1) is 6.11. The Morgan fingerprint density at radius 1 is 1.38 bits per heavy atom. The van der Waals surface area contributed by atoms with Crippen molar-refractivity contribution in [3.8, 4) is 0 Å². The van der Waals surface area contributed by atoms with Crippen LogP contribution in [0.2, 0.25) is 0 Å². The molecule has 1 rings (SSSR count). The van der Waals surface area contributed by atoms with E-state index in [1.165, 1.54) is 30.4 Å². The highest BCUT2D eigenvalue weighted by atomic mass is 35.5. The standard InChI is InChI=1S/C11H16Cl2/c1-8-5-3-4-6-10(9(8)2)7-11(12)13/h7-8H,3-6H2,1-2H3. The molecule has 0 aliphatic heterocycles. The summed E-state index contributed by atoms with van der Waals surface area (Å²) in [5.74, 6) is 0.682. The summed E-state index contributed by atoms with van der Waals surface area (Å²) in [6, 6.07) is 0. The van der Waals surface area contributed by atoms with E-state index in [0.29, 0.717) is 10.4 Å². The lowest BCUT2D eigenvalue weighted by Gasteiger charge is -2.10. The Hall–Kier alpha value is 0.0600. The van der Waals surface area contributed by atoms with Gasteiger partial charge in [0.05, 0.1) is 0 Å². The SMILES string of the molecule is CC1=C(C=C(Cl)Cl)CCCCC1C. The monoisotopic (exact) mass is 218 g/mol. The van der Waals surface area contributed by atoms with Crippen molar-refractivity contribution in [1.29, 1.82) is 0 Å². The van der Waals surface area contributed by atoms with Crippen LogP contribution >= 0.6 is 23.2 Å². The first-order valence-corrected chi connectivity index (χ1v) is 5.59. The van der Waals surface area contributed by atoms with Gasteiger partial charge in [-0.2, -0.15) is 0 Å². The molecule has 0 amide bonds. The predicted octanol–water partition coefficient (Wildman–Crippen LogP) is 4.83. The Morgan fingerprint density at radius 2 is 2.08 bits per heavy atom. The molecule has 0 saturated carbocycles. The van der Waals surface area contributed by atoms with E-state index in [4.69, 9.17) is 23.2 Å². The molecule has 0 spiro atoms. The van der Waals surface area contributed by atoms with E-state index in [-0.39, 0.29) is 0 Å². The third-order valence-corrected chi connectivity index (χ3v) is 3.08. The molecule has 74 valence electrons. The molecule has 0 aromatic rings. The van der Waals surface area contributed by atoms with Gasteiger partial charge in [-0.1, -0.05) is 42.1 Å². The number of rotatable bonds is 1. The molecular weight excluding hydrogens is 203 g/mol. The topological polar surface area (TPSA) is 0 Å². The normalized spacial score (nSPS) is 24.2. The molecule has 1 aliphatic carbocycles. The van der Waals surface area contributed by atoms with E-state index >= 15 is 0 Å². The van der Waals surface area contributed by atoms with E-state index in [9.17, 15) is 0 Å². The summed E-state index contributed by atoms with van der Waals surface area (Å²) in [4.78, 5) is 0. The second kappa shape index (κ2) is 5.07. The van der Waals surface area contributed by atoms with Crippen LogP contribution in [0, 0.1) is 5.92 Å². The predicted molar refractivity (Wildman–Crippen MR) is 60.1 cm³/mol. The summed E-state index contributed by atoms with van der Waals surface area (Å²) in [6.07, 6.45) is 6.90. The third kappa shape index (κ3) is 3.36. The Balaban J connectivity index is 2.88. The highest BCUT2D eigenvalue weighted by Gasteiger charge is 2.12. The summed E-state index contributed by atoms with van der Waals surface area (Å²) < 4.78 is 0.378. The van der Waals surface area contributed by atoms with Crippen LogP contribution in [0.25, 0.3) is 0 Å². The van der Waals surface area contributed by atoms with Crippen molar-refractivity contribution < 1.29 is 0 Å².